The van der Waals surface area contributed by atoms with E-state index >= 15 is 0 Å². The molecule has 4 aromatic rings. The van der Waals surface area contributed by atoms with Crippen LogP contribution in [0.15, 0.2) is 82.1 Å². The molecule has 0 saturated heterocycles. The van der Waals surface area contributed by atoms with Gasteiger partial charge in [0.2, 0.25) is 27.9 Å². The van der Waals surface area contributed by atoms with E-state index in [2.05, 4.69) is 36.1 Å². The zero-order chi connectivity index (χ0) is 22.4. The number of rotatable bonds is 8. The molecule has 0 atom stereocenters. The Morgan fingerprint density at radius 3 is 2.03 bits per heavy atom. The first-order chi connectivity index (χ1) is 15.5. The number of nitrogens with two attached hydrogens (primary N) is 1. The average Bonchev–Trinajstić information content (AvgIpc) is 3.28. The molecule has 0 amide bonds. The molecule has 0 radical (unpaired) electrons. The fourth-order valence-corrected chi connectivity index (χ4v) is 3.66. The van der Waals surface area contributed by atoms with Gasteiger partial charge in [0.05, 0.1) is 11.1 Å². The van der Waals surface area contributed by atoms with E-state index in [0.29, 0.717) is 11.6 Å². The summed E-state index contributed by atoms with van der Waals surface area (Å²) in [5.74, 6) is 0.745. The summed E-state index contributed by atoms with van der Waals surface area (Å²) in [6, 6.07) is 19.2. The highest BCUT2D eigenvalue weighted by molar-refractivity contribution is 7.89. The summed E-state index contributed by atoms with van der Waals surface area (Å²) in [4.78, 5) is 14.0. The SMILES string of the molecule is NS(=O)(=O)c1ccc(Nc2nc(N/N=C/c3cccs3)nc(Nc3ccccc3)n2)cc1. The number of hydrogen-bond acceptors (Lipinski definition) is 10. The predicted molar refractivity (Wildman–Crippen MR) is 126 cm³/mol. The number of aromatic nitrogens is 3. The van der Waals surface area contributed by atoms with Gasteiger partial charge in [-0.3, -0.25) is 0 Å². The van der Waals surface area contributed by atoms with Gasteiger partial charge < -0.3 is 10.6 Å². The minimum Gasteiger partial charge on any atom is -0.324 e. The van der Waals surface area contributed by atoms with E-state index < -0.39 is 10.0 Å². The molecule has 0 fully saturated rings. The van der Waals surface area contributed by atoms with Crippen LogP contribution in [0.4, 0.5) is 29.2 Å². The number of sulfonamides is 1. The molecule has 5 N–H and O–H groups in total. The lowest BCUT2D eigenvalue weighted by molar-refractivity contribution is 0.598. The minimum absolute atomic E-state index is 0.00963. The molecule has 162 valence electrons. The van der Waals surface area contributed by atoms with Gasteiger partial charge in [0.15, 0.2) is 0 Å². The van der Waals surface area contributed by atoms with Crippen molar-refractivity contribution in [2.45, 2.75) is 4.90 Å². The number of benzene rings is 2. The van der Waals surface area contributed by atoms with Gasteiger partial charge in [-0.05, 0) is 47.8 Å². The molecule has 0 bridgehead atoms. The van der Waals surface area contributed by atoms with E-state index in [1.54, 1.807) is 29.7 Å². The number of thiophene rings is 1. The first-order valence-corrected chi connectivity index (χ1v) is 11.7. The zero-order valence-corrected chi connectivity index (χ0v) is 18.1. The Morgan fingerprint density at radius 1 is 0.812 bits per heavy atom. The van der Waals surface area contributed by atoms with Crippen LogP contribution in [0.3, 0.4) is 0 Å². The molecule has 12 heteroatoms. The van der Waals surface area contributed by atoms with Gasteiger partial charge in [0.25, 0.3) is 0 Å². The summed E-state index contributed by atoms with van der Waals surface area (Å²) < 4.78 is 22.9. The second-order valence-electron chi connectivity index (χ2n) is 6.38. The molecule has 0 aliphatic rings. The van der Waals surface area contributed by atoms with Gasteiger partial charge in [0.1, 0.15) is 0 Å². The van der Waals surface area contributed by atoms with Crippen LogP contribution < -0.4 is 21.2 Å². The molecule has 4 rings (SSSR count). The lowest BCUT2D eigenvalue weighted by atomic mass is 10.3. The summed E-state index contributed by atoms with van der Waals surface area (Å²) in [6.07, 6.45) is 1.66. The summed E-state index contributed by atoms with van der Waals surface area (Å²) in [5.41, 5.74) is 4.18. The van der Waals surface area contributed by atoms with Crippen molar-refractivity contribution >= 4 is 56.8 Å². The molecule has 32 heavy (non-hydrogen) atoms. The van der Waals surface area contributed by atoms with Crippen LogP contribution in [0.1, 0.15) is 4.88 Å². The molecule has 10 nitrogen and oxygen atoms in total. The molecule has 0 aliphatic heterocycles. The largest absolute Gasteiger partial charge is 0.324 e. The maximum atomic E-state index is 11.4. The van der Waals surface area contributed by atoms with Gasteiger partial charge >= 0.3 is 0 Å². The molecule has 0 aliphatic carbocycles. The third kappa shape index (κ3) is 5.85. The van der Waals surface area contributed by atoms with E-state index in [1.165, 1.54) is 12.1 Å². The van der Waals surface area contributed by atoms with Gasteiger partial charge in [-0.1, -0.05) is 24.3 Å². The van der Waals surface area contributed by atoms with Crippen LogP contribution in [-0.4, -0.2) is 29.6 Å². The van der Waals surface area contributed by atoms with Crippen LogP contribution >= 0.6 is 11.3 Å². The minimum atomic E-state index is -3.77. The van der Waals surface area contributed by atoms with Crippen molar-refractivity contribution < 1.29 is 8.42 Å². The molecule has 0 unspecified atom stereocenters. The van der Waals surface area contributed by atoms with E-state index in [4.69, 9.17) is 5.14 Å². The first-order valence-electron chi connectivity index (χ1n) is 9.26. The molecular formula is C20H18N8O2S2. The fraction of sp³-hybridized carbons (Fsp3) is 0. The number of anilines is 5. The number of nitrogens with one attached hydrogen (secondary N) is 3. The maximum absolute atomic E-state index is 11.4. The molecule has 2 aromatic carbocycles. The Morgan fingerprint density at radius 2 is 1.44 bits per heavy atom. The van der Waals surface area contributed by atoms with Crippen molar-refractivity contribution in [1.82, 2.24) is 15.0 Å². The summed E-state index contributed by atoms with van der Waals surface area (Å²) in [7, 11) is -3.77. The normalized spacial score (nSPS) is 11.4. The van der Waals surface area contributed by atoms with Gasteiger partial charge in [-0.25, -0.2) is 19.0 Å². The number of primary sulfonamides is 1. The third-order valence-corrected chi connectivity index (χ3v) is 5.74. The third-order valence-electron chi connectivity index (χ3n) is 4.00. The van der Waals surface area contributed by atoms with Gasteiger partial charge in [-0.2, -0.15) is 20.1 Å². The van der Waals surface area contributed by atoms with Crippen LogP contribution in [0, 0.1) is 0 Å². The van der Waals surface area contributed by atoms with Crippen molar-refractivity contribution in [2.24, 2.45) is 10.2 Å². The highest BCUT2D eigenvalue weighted by Gasteiger charge is 2.10. The monoisotopic (exact) mass is 466 g/mol. The highest BCUT2D eigenvalue weighted by atomic mass is 32.2. The number of nitrogens with zero attached hydrogens (tertiary/aromatic N) is 4. The summed E-state index contributed by atoms with van der Waals surface area (Å²) in [6.45, 7) is 0. The lowest BCUT2D eigenvalue weighted by Gasteiger charge is -2.10. The van der Waals surface area contributed by atoms with Gasteiger partial charge in [0, 0.05) is 16.3 Å². The van der Waals surface area contributed by atoms with Crippen LogP contribution in [0.5, 0.6) is 0 Å². The highest BCUT2D eigenvalue weighted by Crippen LogP contribution is 2.20. The fourth-order valence-electron chi connectivity index (χ4n) is 2.56. The van der Waals surface area contributed by atoms with E-state index in [9.17, 15) is 8.42 Å². The maximum Gasteiger partial charge on any atom is 0.250 e. The Bertz CT molecular complexity index is 1310. The van der Waals surface area contributed by atoms with Crippen molar-refractivity contribution in [2.75, 3.05) is 16.1 Å². The standard InChI is InChI=1S/C20H18N8O2S2/c21-32(29,30)17-10-8-15(9-11-17)24-19-25-18(23-14-5-2-1-3-6-14)26-20(27-19)28-22-13-16-7-4-12-31-16/h1-13H,(H2,21,29,30)(H3,23,24,25,26,27,28)/b22-13+. The lowest BCUT2D eigenvalue weighted by Crippen LogP contribution is -2.12. The Hall–Kier alpha value is -3.87. The number of para-hydroxylation sites is 1. The smallest absolute Gasteiger partial charge is 0.250 e. The van der Waals surface area contributed by atoms with Crippen molar-refractivity contribution in [1.29, 1.82) is 0 Å². The first kappa shape index (κ1) is 21.4. The zero-order valence-electron chi connectivity index (χ0n) is 16.5. The Kier molecular flexibility index (Phi) is 6.35. The molecule has 0 saturated carbocycles. The summed E-state index contributed by atoms with van der Waals surface area (Å²) >= 11 is 1.55. The van der Waals surface area contributed by atoms with Crippen molar-refractivity contribution in [3.05, 3.63) is 77.0 Å². The average molecular weight is 467 g/mol. The van der Waals surface area contributed by atoms with E-state index in [1.807, 2.05) is 47.8 Å². The van der Waals surface area contributed by atoms with E-state index in [-0.39, 0.29) is 16.8 Å². The van der Waals surface area contributed by atoms with Gasteiger partial charge in [-0.15, -0.1) is 11.3 Å². The van der Waals surface area contributed by atoms with Crippen LogP contribution in [-0.2, 0) is 10.0 Å². The quantitative estimate of drug-likeness (QED) is 0.228. The van der Waals surface area contributed by atoms with Crippen LogP contribution in [0.2, 0.25) is 0 Å². The van der Waals surface area contributed by atoms with Crippen LogP contribution in [0.25, 0.3) is 0 Å². The second-order valence-corrected chi connectivity index (χ2v) is 8.92. The summed E-state index contributed by atoms with van der Waals surface area (Å²) in [5, 5.41) is 17.4. The molecule has 0 spiro atoms. The predicted octanol–water partition coefficient (Wildman–Crippen LogP) is 3.51. The van der Waals surface area contributed by atoms with Crippen molar-refractivity contribution in [3.8, 4) is 0 Å². The molecule has 2 heterocycles. The molecular weight excluding hydrogens is 448 g/mol. The topological polar surface area (TPSA) is 147 Å². The molecule has 2 aromatic heterocycles. The number of hydrogen-bond donors (Lipinski definition) is 4. The Labute approximate surface area is 188 Å². The Balaban J connectivity index is 1.58. The number of hydrazone groups is 1. The van der Waals surface area contributed by atoms with Crippen molar-refractivity contribution in [3.63, 3.8) is 0 Å². The second kappa shape index (κ2) is 9.51. The van der Waals surface area contributed by atoms with E-state index in [0.717, 1.165) is 10.6 Å².